The summed E-state index contributed by atoms with van der Waals surface area (Å²) in [6.45, 7) is 8.98. The van der Waals surface area contributed by atoms with Gasteiger partial charge in [0.15, 0.2) is 0 Å². The second-order valence-electron chi connectivity index (χ2n) is 12.5. The molecule has 4 aliphatic rings. The molecular weight excluding hydrogens is 446 g/mol. The van der Waals surface area contributed by atoms with Crippen molar-refractivity contribution in [2.75, 3.05) is 20.2 Å². The van der Waals surface area contributed by atoms with E-state index >= 15 is 0 Å². The van der Waals surface area contributed by atoms with Gasteiger partial charge in [-0.15, -0.1) is 0 Å². The van der Waals surface area contributed by atoms with Gasteiger partial charge in [-0.25, -0.2) is 4.79 Å². The highest BCUT2D eigenvalue weighted by Crippen LogP contribution is 2.61. The first kappa shape index (κ1) is 24.4. The predicted octanol–water partition coefficient (Wildman–Crippen LogP) is 4.97. The van der Waals surface area contributed by atoms with Gasteiger partial charge in [0.2, 0.25) is 0 Å². The summed E-state index contributed by atoms with van der Waals surface area (Å²) >= 11 is 0. The van der Waals surface area contributed by atoms with E-state index in [4.69, 9.17) is 14.2 Å². The summed E-state index contributed by atoms with van der Waals surface area (Å²) in [5.41, 5.74) is 1.02. The summed E-state index contributed by atoms with van der Waals surface area (Å²) in [4.78, 5) is 26.7. The number of aliphatic hydroxyl groups is 1. The lowest BCUT2D eigenvalue weighted by Gasteiger charge is -2.56. The smallest absolute Gasteiger partial charge is 0.410 e. The van der Waals surface area contributed by atoms with E-state index in [1.807, 2.05) is 44.7 Å². The molecule has 5 rings (SSSR count). The van der Waals surface area contributed by atoms with Crippen LogP contribution < -0.4 is 4.74 Å². The number of aliphatic hydroxyl groups excluding tert-OH is 1. The van der Waals surface area contributed by atoms with E-state index in [0.29, 0.717) is 25.4 Å². The van der Waals surface area contributed by atoms with Crippen molar-refractivity contribution in [1.82, 2.24) is 4.90 Å². The number of fused-ring (bicyclic) bond motifs is 1. The standard InChI is InChI=1S/C28H39NO6/c1-17(24(31)33-5)23(18-6-7-18)19-8-9-20-21(30)13-28(34-22(20)12-19)14-27(15-28)10-11-29(16-27)25(32)35-26(2,3)4/h8-9,12,17-18,21,23,30H,6-7,10-11,13-16H2,1-5H3/t17-,21?,23-,27?,28?/m0/s1. The van der Waals surface area contributed by atoms with Crippen LogP contribution in [0, 0.1) is 17.3 Å². The van der Waals surface area contributed by atoms with Crippen LogP contribution in [0.3, 0.4) is 0 Å². The van der Waals surface area contributed by atoms with Gasteiger partial charge in [0.1, 0.15) is 17.0 Å². The number of ether oxygens (including phenoxy) is 3. The van der Waals surface area contributed by atoms with Gasteiger partial charge in [-0.3, -0.25) is 4.79 Å². The van der Waals surface area contributed by atoms with E-state index in [0.717, 1.165) is 49.0 Å². The second-order valence-corrected chi connectivity index (χ2v) is 12.5. The average molecular weight is 486 g/mol. The number of hydrogen-bond donors (Lipinski definition) is 1. The predicted molar refractivity (Wildman–Crippen MR) is 130 cm³/mol. The number of methoxy groups -OCH3 is 1. The number of likely N-dealkylation sites (tertiary alicyclic amines) is 1. The van der Waals surface area contributed by atoms with Crippen molar-refractivity contribution in [2.45, 2.75) is 89.4 Å². The van der Waals surface area contributed by atoms with Gasteiger partial charge in [0, 0.05) is 25.1 Å². The number of carbonyl (C=O) groups excluding carboxylic acids is 2. The van der Waals surface area contributed by atoms with Gasteiger partial charge in [0.05, 0.1) is 19.1 Å². The maximum absolute atomic E-state index is 12.6. The van der Waals surface area contributed by atoms with E-state index in [9.17, 15) is 14.7 Å². The normalized spacial score (nSPS) is 31.4. The quantitative estimate of drug-likeness (QED) is 0.607. The lowest BCUT2D eigenvalue weighted by atomic mass is 9.56. The van der Waals surface area contributed by atoms with Crippen molar-refractivity contribution in [3.63, 3.8) is 0 Å². The van der Waals surface area contributed by atoms with Crippen LogP contribution in [0.2, 0.25) is 0 Å². The molecule has 2 aliphatic carbocycles. The Kier molecular flexibility index (Phi) is 5.86. The maximum Gasteiger partial charge on any atom is 0.410 e. The highest BCUT2D eigenvalue weighted by atomic mass is 16.6. The van der Waals surface area contributed by atoms with Crippen LogP contribution in [-0.4, -0.2) is 53.5 Å². The molecule has 2 spiro atoms. The largest absolute Gasteiger partial charge is 0.487 e. The number of nitrogens with zero attached hydrogens (tertiary/aromatic N) is 1. The zero-order valence-corrected chi connectivity index (χ0v) is 21.6. The molecule has 2 heterocycles. The van der Waals surface area contributed by atoms with Crippen LogP contribution in [0.15, 0.2) is 18.2 Å². The van der Waals surface area contributed by atoms with Crippen molar-refractivity contribution in [3.8, 4) is 5.75 Å². The molecule has 0 radical (unpaired) electrons. The Morgan fingerprint density at radius 2 is 1.94 bits per heavy atom. The molecule has 1 unspecified atom stereocenters. The summed E-state index contributed by atoms with van der Waals surface area (Å²) in [6.07, 6.45) is 4.56. The summed E-state index contributed by atoms with van der Waals surface area (Å²) in [5, 5.41) is 11.0. The number of amides is 1. The highest BCUT2D eigenvalue weighted by molar-refractivity contribution is 5.73. The minimum atomic E-state index is -0.578. The van der Waals surface area contributed by atoms with Gasteiger partial charge in [-0.1, -0.05) is 19.1 Å². The Bertz CT molecular complexity index is 1000. The van der Waals surface area contributed by atoms with Crippen LogP contribution >= 0.6 is 0 Å². The molecular formula is C28H39NO6. The van der Waals surface area contributed by atoms with Crippen LogP contribution in [0.5, 0.6) is 5.75 Å². The van der Waals surface area contributed by atoms with Gasteiger partial charge in [-0.05, 0) is 81.8 Å². The fourth-order valence-electron chi connectivity index (χ4n) is 6.85. The van der Waals surface area contributed by atoms with Crippen molar-refractivity contribution in [1.29, 1.82) is 0 Å². The first-order chi connectivity index (χ1) is 16.4. The second kappa shape index (κ2) is 8.39. The van der Waals surface area contributed by atoms with Gasteiger partial charge >= 0.3 is 12.1 Å². The lowest BCUT2D eigenvalue weighted by Crippen LogP contribution is -2.58. The van der Waals surface area contributed by atoms with E-state index < -0.39 is 17.3 Å². The molecule has 192 valence electrons. The molecule has 3 fully saturated rings. The van der Waals surface area contributed by atoms with Crippen LogP contribution in [-0.2, 0) is 14.3 Å². The van der Waals surface area contributed by atoms with E-state index in [2.05, 4.69) is 6.07 Å². The first-order valence-corrected chi connectivity index (χ1v) is 13.0. The number of esters is 1. The molecule has 7 nitrogen and oxygen atoms in total. The topological polar surface area (TPSA) is 85.3 Å². The molecule has 3 atom stereocenters. The van der Waals surface area contributed by atoms with E-state index in [1.165, 1.54) is 7.11 Å². The number of hydrogen-bond acceptors (Lipinski definition) is 6. The van der Waals surface area contributed by atoms with Crippen molar-refractivity contribution >= 4 is 12.1 Å². The number of rotatable bonds is 4. The monoisotopic (exact) mass is 485 g/mol. The van der Waals surface area contributed by atoms with Crippen molar-refractivity contribution < 1.29 is 28.9 Å². The Morgan fingerprint density at radius 1 is 1.23 bits per heavy atom. The first-order valence-electron chi connectivity index (χ1n) is 13.0. The SMILES string of the molecule is COC(=O)[C@@H](C)[C@H](c1ccc2c(c1)OC1(CC2O)CC2(CCN(C(=O)OC(C)(C)C)C2)C1)C1CC1. The summed E-state index contributed by atoms with van der Waals surface area (Å²) in [7, 11) is 1.44. The summed E-state index contributed by atoms with van der Waals surface area (Å²) in [5.74, 6) is 0.900. The fraction of sp³-hybridized carbons (Fsp3) is 0.714. The molecule has 0 aromatic heterocycles. The molecule has 35 heavy (non-hydrogen) atoms. The molecule has 1 aromatic rings. The minimum absolute atomic E-state index is 0.0294. The fourth-order valence-corrected chi connectivity index (χ4v) is 6.85. The Balaban J connectivity index is 1.31. The number of carbonyl (C=O) groups is 2. The zero-order chi connectivity index (χ0) is 25.2. The minimum Gasteiger partial charge on any atom is -0.487 e. The van der Waals surface area contributed by atoms with Crippen molar-refractivity contribution in [3.05, 3.63) is 29.3 Å². The lowest BCUT2D eigenvalue weighted by molar-refractivity contribution is -0.146. The van der Waals surface area contributed by atoms with Gasteiger partial charge < -0.3 is 24.2 Å². The van der Waals surface area contributed by atoms with Crippen LogP contribution in [0.25, 0.3) is 0 Å². The van der Waals surface area contributed by atoms with E-state index in [1.54, 1.807) is 0 Å². The van der Waals surface area contributed by atoms with Crippen LogP contribution in [0.1, 0.15) is 89.4 Å². The molecule has 1 amide bonds. The maximum atomic E-state index is 12.6. The Labute approximate surface area is 208 Å². The van der Waals surface area contributed by atoms with Gasteiger partial charge in [-0.2, -0.15) is 0 Å². The third kappa shape index (κ3) is 4.64. The molecule has 1 aromatic carbocycles. The zero-order valence-electron chi connectivity index (χ0n) is 21.6. The highest BCUT2D eigenvalue weighted by Gasteiger charge is 2.61. The molecule has 0 bridgehead atoms. The molecule has 7 heteroatoms. The van der Waals surface area contributed by atoms with Crippen LogP contribution in [0.4, 0.5) is 4.79 Å². The van der Waals surface area contributed by atoms with E-state index in [-0.39, 0.29) is 29.3 Å². The Hall–Kier alpha value is -2.28. The Morgan fingerprint density at radius 3 is 2.57 bits per heavy atom. The van der Waals surface area contributed by atoms with Crippen molar-refractivity contribution in [2.24, 2.45) is 17.3 Å². The molecule has 1 saturated heterocycles. The third-order valence-corrected chi connectivity index (χ3v) is 8.40. The number of benzene rings is 1. The molecule has 2 aliphatic heterocycles. The average Bonchev–Trinajstić information content (AvgIpc) is 3.49. The third-order valence-electron chi connectivity index (χ3n) is 8.40. The molecule has 1 N–H and O–H groups in total. The summed E-state index contributed by atoms with van der Waals surface area (Å²) in [6, 6.07) is 6.06. The molecule has 2 saturated carbocycles. The van der Waals surface area contributed by atoms with Gasteiger partial charge in [0.25, 0.3) is 0 Å². The summed E-state index contributed by atoms with van der Waals surface area (Å²) < 4.78 is 17.2.